The summed E-state index contributed by atoms with van der Waals surface area (Å²) in [6, 6.07) is 25.3. The third-order valence-corrected chi connectivity index (χ3v) is 5.10. The second-order valence-corrected chi connectivity index (χ2v) is 7.59. The second kappa shape index (κ2) is 9.27. The first-order chi connectivity index (χ1) is 14.7. The van der Waals surface area contributed by atoms with Gasteiger partial charge in [0, 0.05) is 23.8 Å². The molecule has 0 heterocycles. The molecule has 0 aliphatic heterocycles. The van der Waals surface area contributed by atoms with Gasteiger partial charge in [0.1, 0.15) is 0 Å². The summed E-state index contributed by atoms with van der Waals surface area (Å²) in [7, 11) is 0. The van der Waals surface area contributed by atoms with Gasteiger partial charge in [0.05, 0.1) is 0 Å². The van der Waals surface area contributed by atoms with E-state index in [1.165, 1.54) is 5.56 Å². The molecule has 3 aromatic rings. The quantitative estimate of drug-likeness (QED) is 0.526. The Kier molecular flexibility index (Phi) is 6.09. The summed E-state index contributed by atoms with van der Waals surface area (Å²) in [5, 5.41) is 8.78. The Morgan fingerprint density at radius 3 is 2.33 bits per heavy atom. The van der Waals surface area contributed by atoms with Crippen molar-refractivity contribution in [2.24, 2.45) is 5.92 Å². The van der Waals surface area contributed by atoms with E-state index in [9.17, 15) is 9.59 Å². The minimum atomic E-state index is -0.261. The van der Waals surface area contributed by atoms with Gasteiger partial charge in [-0.2, -0.15) is 0 Å². The molecule has 0 aromatic heterocycles. The van der Waals surface area contributed by atoms with Crippen LogP contribution in [0.2, 0.25) is 0 Å². The molecule has 1 fully saturated rings. The van der Waals surface area contributed by atoms with Gasteiger partial charge in [0.15, 0.2) is 0 Å². The standard InChI is InChI=1S/C25H25N3O2/c29-24(20-13-14-20)27-22-11-6-9-19(16-22)17-26-25(30)28-23-12-5-4-10-21(23)15-18-7-2-1-3-8-18/h1-12,16,20H,13-15,17H2,(H,27,29)(H2,26,28,30). The Balaban J connectivity index is 1.34. The van der Waals surface area contributed by atoms with Crippen LogP contribution in [0.4, 0.5) is 16.2 Å². The van der Waals surface area contributed by atoms with E-state index < -0.39 is 0 Å². The molecule has 1 aliphatic carbocycles. The molecule has 0 radical (unpaired) electrons. The van der Waals surface area contributed by atoms with E-state index in [-0.39, 0.29) is 17.9 Å². The zero-order chi connectivity index (χ0) is 20.8. The number of hydrogen-bond acceptors (Lipinski definition) is 2. The minimum Gasteiger partial charge on any atom is -0.334 e. The monoisotopic (exact) mass is 399 g/mol. The summed E-state index contributed by atoms with van der Waals surface area (Å²) in [4.78, 5) is 24.4. The zero-order valence-electron chi connectivity index (χ0n) is 16.7. The van der Waals surface area contributed by atoms with Crippen LogP contribution in [0.15, 0.2) is 78.9 Å². The predicted molar refractivity (Wildman–Crippen MR) is 119 cm³/mol. The molecule has 1 saturated carbocycles. The fraction of sp³-hybridized carbons (Fsp3) is 0.200. The third-order valence-electron chi connectivity index (χ3n) is 5.10. The Morgan fingerprint density at radius 2 is 1.53 bits per heavy atom. The van der Waals surface area contributed by atoms with E-state index in [0.717, 1.165) is 41.8 Å². The highest BCUT2D eigenvalue weighted by Crippen LogP contribution is 2.30. The number of urea groups is 1. The summed E-state index contributed by atoms with van der Waals surface area (Å²) in [6.07, 6.45) is 2.69. The van der Waals surface area contributed by atoms with Gasteiger partial charge in [-0.25, -0.2) is 4.79 Å². The van der Waals surface area contributed by atoms with E-state index in [2.05, 4.69) is 28.1 Å². The van der Waals surface area contributed by atoms with Gasteiger partial charge in [-0.15, -0.1) is 0 Å². The lowest BCUT2D eigenvalue weighted by Crippen LogP contribution is -2.28. The van der Waals surface area contributed by atoms with Gasteiger partial charge >= 0.3 is 6.03 Å². The molecule has 5 nitrogen and oxygen atoms in total. The highest BCUT2D eigenvalue weighted by Gasteiger charge is 2.29. The summed E-state index contributed by atoms with van der Waals surface area (Å²) in [5.74, 6) is 0.237. The fourth-order valence-corrected chi connectivity index (χ4v) is 3.31. The molecule has 152 valence electrons. The normalized spacial score (nSPS) is 12.8. The maximum Gasteiger partial charge on any atom is 0.319 e. The molecular weight excluding hydrogens is 374 g/mol. The van der Waals surface area contributed by atoms with E-state index in [1.807, 2.05) is 66.7 Å². The van der Waals surface area contributed by atoms with Crippen LogP contribution in [0.3, 0.4) is 0 Å². The lowest BCUT2D eigenvalue weighted by atomic mass is 10.0. The molecule has 5 heteroatoms. The summed E-state index contributed by atoms with van der Waals surface area (Å²) >= 11 is 0. The molecule has 4 rings (SSSR count). The van der Waals surface area contributed by atoms with Crippen molar-refractivity contribution in [3.63, 3.8) is 0 Å². The summed E-state index contributed by atoms with van der Waals surface area (Å²) < 4.78 is 0. The molecule has 0 saturated heterocycles. The number of carbonyl (C=O) groups excluding carboxylic acids is 2. The maximum absolute atomic E-state index is 12.5. The van der Waals surface area contributed by atoms with Crippen molar-refractivity contribution in [3.8, 4) is 0 Å². The predicted octanol–water partition coefficient (Wildman–Crippen LogP) is 4.95. The van der Waals surface area contributed by atoms with Crippen LogP contribution in [0.1, 0.15) is 29.5 Å². The molecular formula is C25H25N3O2. The molecule has 30 heavy (non-hydrogen) atoms. The number of hydrogen-bond donors (Lipinski definition) is 3. The Labute approximate surface area is 176 Å². The third kappa shape index (κ3) is 5.47. The largest absolute Gasteiger partial charge is 0.334 e. The van der Waals surface area contributed by atoms with Crippen LogP contribution in [0.5, 0.6) is 0 Å². The van der Waals surface area contributed by atoms with Gasteiger partial charge in [-0.3, -0.25) is 4.79 Å². The molecule has 3 aromatic carbocycles. The molecule has 0 unspecified atom stereocenters. The van der Waals surface area contributed by atoms with Gasteiger partial charge in [-0.1, -0.05) is 60.7 Å². The number of benzene rings is 3. The highest BCUT2D eigenvalue weighted by atomic mass is 16.2. The molecule has 0 spiro atoms. The van der Waals surface area contributed by atoms with Crippen molar-refractivity contribution in [1.29, 1.82) is 0 Å². The fourth-order valence-electron chi connectivity index (χ4n) is 3.31. The van der Waals surface area contributed by atoms with Gasteiger partial charge < -0.3 is 16.0 Å². The molecule has 3 amide bonds. The number of para-hydroxylation sites is 1. The van der Waals surface area contributed by atoms with Gasteiger partial charge in [-0.05, 0) is 54.2 Å². The Hall–Kier alpha value is -3.60. The number of amides is 3. The highest BCUT2D eigenvalue weighted by molar-refractivity contribution is 5.94. The minimum absolute atomic E-state index is 0.0767. The number of rotatable bonds is 7. The summed E-state index contributed by atoms with van der Waals surface area (Å²) in [6.45, 7) is 0.375. The lowest BCUT2D eigenvalue weighted by Gasteiger charge is -2.13. The van der Waals surface area contributed by atoms with Crippen LogP contribution < -0.4 is 16.0 Å². The van der Waals surface area contributed by atoms with Crippen LogP contribution >= 0.6 is 0 Å². The second-order valence-electron chi connectivity index (χ2n) is 7.59. The molecule has 3 N–H and O–H groups in total. The van der Waals surface area contributed by atoms with Crippen LogP contribution in [0.25, 0.3) is 0 Å². The number of carbonyl (C=O) groups is 2. The first-order valence-corrected chi connectivity index (χ1v) is 10.2. The average molecular weight is 399 g/mol. The molecule has 0 bridgehead atoms. The number of nitrogens with one attached hydrogen (secondary N) is 3. The maximum atomic E-state index is 12.5. The van der Waals surface area contributed by atoms with Crippen molar-refractivity contribution in [3.05, 3.63) is 95.6 Å². The molecule has 1 aliphatic rings. The van der Waals surface area contributed by atoms with Gasteiger partial charge in [0.25, 0.3) is 0 Å². The van der Waals surface area contributed by atoms with E-state index >= 15 is 0 Å². The summed E-state index contributed by atoms with van der Waals surface area (Å²) in [5.41, 5.74) is 4.74. The van der Waals surface area contributed by atoms with Crippen LogP contribution in [0, 0.1) is 5.92 Å². The van der Waals surface area contributed by atoms with Crippen LogP contribution in [-0.2, 0) is 17.8 Å². The van der Waals surface area contributed by atoms with Crippen LogP contribution in [-0.4, -0.2) is 11.9 Å². The first kappa shape index (κ1) is 19.7. The number of anilines is 2. The van der Waals surface area contributed by atoms with Crippen molar-refractivity contribution in [2.75, 3.05) is 10.6 Å². The van der Waals surface area contributed by atoms with Crippen molar-refractivity contribution in [1.82, 2.24) is 5.32 Å². The topological polar surface area (TPSA) is 70.2 Å². The van der Waals surface area contributed by atoms with Crippen molar-refractivity contribution in [2.45, 2.75) is 25.8 Å². The molecule has 0 atom stereocenters. The van der Waals surface area contributed by atoms with E-state index in [0.29, 0.717) is 6.54 Å². The lowest BCUT2D eigenvalue weighted by molar-refractivity contribution is -0.117. The Bertz CT molecular complexity index is 1030. The van der Waals surface area contributed by atoms with Gasteiger partial charge in [0.2, 0.25) is 5.91 Å². The van der Waals surface area contributed by atoms with Crippen molar-refractivity contribution >= 4 is 23.3 Å². The smallest absolute Gasteiger partial charge is 0.319 e. The average Bonchev–Trinajstić information content (AvgIpc) is 3.60. The van der Waals surface area contributed by atoms with E-state index in [1.54, 1.807) is 0 Å². The SMILES string of the molecule is O=C(NCc1cccc(NC(=O)C2CC2)c1)Nc1ccccc1Cc1ccccc1. The first-order valence-electron chi connectivity index (χ1n) is 10.2. The Morgan fingerprint density at radius 1 is 0.800 bits per heavy atom. The van der Waals surface area contributed by atoms with Crippen molar-refractivity contribution < 1.29 is 9.59 Å². The van der Waals surface area contributed by atoms with E-state index in [4.69, 9.17) is 0 Å². The zero-order valence-corrected chi connectivity index (χ0v) is 16.7.